The second kappa shape index (κ2) is 10.7. The van der Waals surface area contributed by atoms with E-state index in [1.807, 2.05) is 37.3 Å². The third kappa shape index (κ3) is 7.31. The zero-order valence-electron chi connectivity index (χ0n) is 15.8. The fourth-order valence-corrected chi connectivity index (χ4v) is 2.51. The topological polar surface area (TPSA) is 56.7 Å². The smallest absolute Gasteiger partial charge is 0.384 e. The van der Waals surface area contributed by atoms with Crippen LogP contribution in [0.5, 0.6) is 0 Å². The van der Waals surface area contributed by atoms with E-state index in [9.17, 15) is 18.3 Å². The Morgan fingerprint density at radius 1 is 1.00 bits per heavy atom. The number of halogens is 4. The molecule has 0 amide bonds. The highest BCUT2D eigenvalue weighted by Gasteiger charge is 2.30. The minimum Gasteiger partial charge on any atom is -0.384 e. The van der Waals surface area contributed by atoms with E-state index in [-0.39, 0.29) is 37.1 Å². The van der Waals surface area contributed by atoms with Gasteiger partial charge in [-0.1, -0.05) is 42.5 Å². The van der Waals surface area contributed by atoms with Crippen molar-refractivity contribution in [1.82, 2.24) is 10.6 Å². The zero-order chi connectivity index (χ0) is 19.9. The van der Waals surface area contributed by atoms with Crippen LogP contribution < -0.4 is 10.6 Å². The number of alkyl halides is 3. The normalized spacial score (nSPS) is 14.0. The molecule has 154 valence electrons. The molecule has 2 aromatic rings. The Labute approximate surface area is 180 Å². The van der Waals surface area contributed by atoms with Crippen molar-refractivity contribution < 1.29 is 18.3 Å². The fraction of sp³-hybridized carbons (Fsp3) is 0.350. The Morgan fingerprint density at radius 2 is 1.64 bits per heavy atom. The van der Waals surface area contributed by atoms with Crippen LogP contribution in [-0.2, 0) is 18.3 Å². The Bertz CT molecular complexity index is 765. The molecule has 4 nitrogen and oxygen atoms in total. The highest BCUT2D eigenvalue weighted by molar-refractivity contribution is 14.0. The largest absolute Gasteiger partial charge is 0.416 e. The molecule has 2 rings (SSSR count). The number of hydrogen-bond donors (Lipinski definition) is 3. The van der Waals surface area contributed by atoms with Gasteiger partial charge in [0.1, 0.15) is 5.60 Å². The SMILES string of the molecule is CCNC(=NCc1cccc(C(F)(F)F)c1)NCC(C)(O)c1ccccc1.I. The van der Waals surface area contributed by atoms with Gasteiger partial charge in [0.05, 0.1) is 18.7 Å². The van der Waals surface area contributed by atoms with Gasteiger partial charge >= 0.3 is 6.18 Å². The van der Waals surface area contributed by atoms with Crippen LogP contribution >= 0.6 is 24.0 Å². The maximum atomic E-state index is 12.8. The number of aliphatic hydroxyl groups is 1. The first-order valence-corrected chi connectivity index (χ1v) is 8.68. The van der Waals surface area contributed by atoms with Crippen molar-refractivity contribution >= 4 is 29.9 Å². The van der Waals surface area contributed by atoms with Gasteiger partial charge in [-0.15, -0.1) is 24.0 Å². The molecule has 0 aliphatic heterocycles. The summed E-state index contributed by atoms with van der Waals surface area (Å²) in [5, 5.41) is 16.7. The molecule has 0 aromatic heterocycles. The monoisotopic (exact) mass is 507 g/mol. The summed E-state index contributed by atoms with van der Waals surface area (Å²) in [6.45, 7) is 4.45. The quantitative estimate of drug-likeness (QED) is 0.311. The van der Waals surface area contributed by atoms with Crippen LogP contribution in [0, 0.1) is 0 Å². The van der Waals surface area contributed by atoms with E-state index >= 15 is 0 Å². The average molecular weight is 507 g/mol. The molecule has 8 heteroatoms. The number of rotatable bonds is 6. The van der Waals surface area contributed by atoms with E-state index < -0.39 is 17.3 Å². The molecule has 0 bridgehead atoms. The summed E-state index contributed by atoms with van der Waals surface area (Å²) in [6, 6.07) is 14.3. The first kappa shape index (κ1) is 24.2. The number of aliphatic imine (C=N–C) groups is 1. The lowest BCUT2D eigenvalue weighted by molar-refractivity contribution is -0.137. The molecular formula is C20H25F3IN3O. The van der Waals surface area contributed by atoms with Crippen LogP contribution in [0.2, 0.25) is 0 Å². The molecule has 2 aromatic carbocycles. The van der Waals surface area contributed by atoms with Crippen molar-refractivity contribution in [3.63, 3.8) is 0 Å². The maximum Gasteiger partial charge on any atom is 0.416 e. The lowest BCUT2D eigenvalue weighted by Crippen LogP contribution is -2.44. The molecule has 0 saturated carbocycles. The van der Waals surface area contributed by atoms with E-state index in [1.165, 1.54) is 6.07 Å². The van der Waals surface area contributed by atoms with E-state index in [1.54, 1.807) is 13.0 Å². The summed E-state index contributed by atoms with van der Waals surface area (Å²) in [4.78, 5) is 4.32. The van der Waals surface area contributed by atoms with Crippen LogP contribution in [0.3, 0.4) is 0 Å². The highest BCUT2D eigenvalue weighted by atomic mass is 127. The highest BCUT2D eigenvalue weighted by Crippen LogP contribution is 2.29. The third-order valence-electron chi connectivity index (χ3n) is 4.01. The first-order chi connectivity index (χ1) is 12.7. The summed E-state index contributed by atoms with van der Waals surface area (Å²) in [5.74, 6) is 0.422. The number of nitrogens with one attached hydrogen (secondary N) is 2. The molecule has 0 aliphatic rings. The minimum absolute atomic E-state index is 0. The standard InChI is InChI=1S/C20H24F3N3O.HI/c1-3-24-18(26-14-19(2,27)16-9-5-4-6-10-16)25-13-15-8-7-11-17(12-15)20(21,22)23;/h4-12,27H,3,13-14H2,1-2H3,(H2,24,25,26);1H. The average Bonchev–Trinajstić information content (AvgIpc) is 2.64. The predicted molar refractivity (Wildman–Crippen MR) is 116 cm³/mol. The zero-order valence-corrected chi connectivity index (χ0v) is 18.1. The van der Waals surface area contributed by atoms with E-state index in [2.05, 4.69) is 15.6 Å². The molecule has 0 heterocycles. The van der Waals surface area contributed by atoms with Crippen LogP contribution in [0.15, 0.2) is 59.6 Å². The molecule has 0 spiro atoms. The van der Waals surface area contributed by atoms with Gasteiger partial charge < -0.3 is 15.7 Å². The van der Waals surface area contributed by atoms with Crippen molar-refractivity contribution in [3.05, 3.63) is 71.3 Å². The second-order valence-corrected chi connectivity index (χ2v) is 6.39. The summed E-state index contributed by atoms with van der Waals surface area (Å²) < 4.78 is 38.4. The van der Waals surface area contributed by atoms with Crippen LogP contribution in [0.4, 0.5) is 13.2 Å². The Kier molecular flexibility index (Phi) is 9.22. The number of benzene rings is 2. The Balaban J connectivity index is 0.00000392. The van der Waals surface area contributed by atoms with E-state index in [4.69, 9.17) is 0 Å². The summed E-state index contributed by atoms with van der Waals surface area (Å²) in [7, 11) is 0. The van der Waals surface area contributed by atoms with Crippen LogP contribution in [-0.4, -0.2) is 24.2 Å². The number of nitrogens with zero attached hydrogens (tertiary/aromatic N) is 1. The van der Waals surface area contributed by atoms with Crippen molar-refractivity contribution in [2.45, 2.75) is 32.2 Å². The maximum absolute atomic E-state index is 12.8. The van der Waals surface area contributed by atoms with E-state index in [0.29, 0.717) is 18.1 Å². The molecule has 3 N–H and O–H groups in total. The second-order valence-electron chi connectivity index (χ2n) is 6.39. The minimum atomic E-state index is -4.38. The molecule has 0 fully saturated rings. The molecular weight excluding hydrogens is 482 g/mol. The molecule has 1 atom stereocenters. The Morgan fingerprint density at radius 3 is 2.25 bits per heavy atom. The van der Waals surface area contributed by atoms with Crippen molar-refractivity contribution in [3.8, 4) is 0 Å². The molecule has 28 heavy (non-hydrogen) atoms. The van der Waals surface area contributed by atoms with Gasteiger partial charge in [-0.2, -0.15) is 13.2 Å². The van der Waals surface area contributed by atoms with Gasteiger partial charge in [-0.25, -0.2) is 4.99 Å². The summed E-state index contributed by atoms with van der Waals surface area (Å²) in [5.41, 5.74) is -0.601. The fourth-order valence-electron chi connectivity index (χ4n) is 2.51. The van der Waals surface area contributed by atoms with Crippen molar-refractivity contribution in [1.29, 1.82) is 0 Å². The lowest BCUT2D eigenvalue weighted by Gasteiger charge is -2.25. The number of guanidine groups is 1. The predicted octanol–water partition coefficient (Wildman–Crippen LogP) is 4.29. The third-order valence-corrected chi connectivity index (χ3v) is 4.01. The molecule has 0 aliphatic carbocycles. The molecule has 0 radical (unpaired) electrons. The molecule has 0 saturated heterocycles. The van der Waals surface area contributed by atoms with Gasteiger partial charge in [0, 0.05) is 6.54 Å². The van der Waals surface area contributed by atoms with Crippen LogP contribution in [0.1, 0.15) is 30.5 Å². The van der Waals surface area contributed by atoms with Gasteiger partial charge in [0.25, 0.3) is 0 Å². The molecule has 1 unspecified atom stereocenters. The van der Waals surface area contributed by atoms with Gasteiger partial charge in [0.2, 0.25) is 0 Å². The van der Waals surface area contributed by atoms with Gasteiger partial charge in [0.15, 0.2) is 5.96 Å². The van der Waals surface area contributed by atoms with Gasteiger partial charge in [-0.05, 0) is 37.1 Å². The Hall–Kier alpha value is -1.81. The van der Waals surface area contributed by atoms with Crippen molar-refractivity contribution in [2.75, 3.05) is 13.1 Å². The first-order valence-electron chi connectivity index (χ1n) is 8.68. The summed E-state index contributed by atoms with van der Waals surface area (Å²) in [6.07, 6.45) is -4.38. The summed E-state index contributed by atoms with van der Waals surface area (Å²) >= 11 is 0. The van der Waals surface area contributed by atoms with Crippen molar-refractivity contribution in [2.24, 2.45) is 4.99 Å². The van der Waals surface area contributed by atoms with E-state index in [0.717, 1.165) is 17.7 Å². The van der Waals surface area contributed by atoms with Gasteiger partial charge in [-0.3, -0.25) is 0 Å². The van der Waals surface area contributed by atoms with Crippen LogP contribution in [0.25, 0.3) is 0 Å². The number of hydrogen-bond acceptors (Lipinski definition) is 2. The lowest BCUT2D eigenvalue weighted by atomic mass is 9.96.